The first-order valence-electron chi connectivity index (χ1n) is 9.63. The van der Waals surface area contributed by atoms with Crippen LogP contribution < -0.4 is 4.74 Å². The second-order valence-electron chi connectivity index (χ2n) is 8.01. The summed E-state index contributed by atoms with van der Waals surface area (Å²) < 4.78 is 12.3. The molecule has 3 fully saturated rings. The number of fused-ring (bicyclic) bond motifs is 4. The number of ketones is 1. The van der Waals surface area contributed by atoms with Gasteiger partial charge in [-0.2, -0.15) is 5.26 Å². The number of Topliss-reactive ketones (excluding diaryl/α,β-unsaturated/α-hetero) is 1. The molecule has 4 aliphatic rings. The monoisotopic (exact) mass is 359 g/mol. The molecule has 0 spiro atoms. The van der Waals surface area contributed by atoms with Crippen molar-refractivity contribution in [3.8, 4) is 22.9 Å². The third kappa shape index (κ3) is 2.74. The predicted octanol–water partition coefficient (Wildman–Crippen LogP) is 4.52. The average molecular weight is 359 g/mol. The maximum atomic E-state index is 12.9. The standard InChI is InChI=1S/C23H21NO3/c24-13-15-2-1-3-16(10-15)17-4-5-21-19(11-17)20(25)12-22(27-21)23-8-6-18(7-9-23)26-14-23/h1-5,10-11,18,22H,6-9,12,14H2. The fourth-order valence-electron chi connectivity index (χ4n) is 4.79. The van der Waals surface area contributed by atoms with Gasteiger partial charge < -0.3 is 9.47 Å². The number of carbonyl (C=O) groups is 1. The lowest BCUT2D eigenvalue weighted by Crippen LogP contribution is -2.53. The van der Waals surface area contributed by atoms with E-state index < -0.39 is 0 Å². The van der Waals surface area contributed by atoms with Crippen LogP contribution in [0.2, 0.25) is 0 Å². The van der Waals surface area contributed by atoms with Gasteiger partial charge in [-0.3, -0.25) is 4.79 Å². The van der Waals surface area contributed by atoms with Crippen LogP contribution in [0.3, 0.4) is 0 Å². The minimum absolute atomic E-state index is 0.0120. The van der Waals surface area contributed by atoms with Gasteiger partial charge in [0.25, 0.3) is 0 Å². The van der Waals surface area contributed by atoms with Crippen molar-refractivity contribution in [2.24, 2.45) is 5.41 Å². The van der Waals surface area contributed by atoms with E-state index in [4.69, 9.17) is 14.7 Å². The molecule has 0 amide bonds. The van der Waals surface area contributed by atoms with E-state index in [1.807, 2.05) is 36.4 Å². The summed E-state index contributed by atoms with van der Waals surface area (Å²) in [5, 5.41) is 9.11. The van der Waals surface area contributed by atoms with Gasteiger partial charge in [0, 0.05) is 11.8 Å². The highest BCUT2D eigenvalue weighted by Crippen LogP contribution is 2.49. The number of rotatable bonds is 2. The van der Waals surface area contributed by atoms with Gasteiger partial charge in [0.1, 0.15) is 11.9 Å². The topological polar surface area (TPSA) is 59.3 Å². The predicted molar refractivity (Wildman–Crippen MR) is 101 cm³/mol. The molecule has 27 heavy (non-hydrogen) atoms. The van der Waals surface area contributed by atoms with Gasteiger partial charge in [-0.25, -0.2) is 0 Å². The Balaban J connectivity index is 1.46. The van der Waals surface area contributed by atoms with Crippen LogP contribution in [0, 0.1) is 16.7 Å². The van der Waals surface area contributed by atoms with E-state index in [1.54, 1.807) is 6.07 Å². The number of benzene rings is 2. The first kappa shape index (κ1) is 16.5. The lowest BCUT2D eigenvalue weighted by Gasteiger charge is -2.50. The number of hydrogen-bond donors (Lipinski definition) is 0. The van der Waals surface area contributed by atoms with Gasteiger partial charge in [0.15, 0.2) is 5.78 Å². The highest BCUT2D eigenvalue weighted by Gasteiger charge is 2.50. The maximum absolute atomic E-state index is 12.9. The quantitative estimate of drug-likeness (QED) is 0.791. The Morgan fingerprint density at radius 1 is 1.07 bits per heavy atom. The minimum atomic E-state index is -0.0912. The Bertz CT molecular complexity index is 937. The van der Waals surface area contributed by atoms with Crippen molar-refractivity contribution in [1.29, 1.82) is 5.26 Å². The van der Waals surface area contributed by atoms with Crippen LogP contribution in [-0.4, -0.2) is 24.6 Å². The molecular weight excluding hydrogens is 338 g/mol. The summed E-state index contributed by atoms with van der Waals surface area (Å²) in [5.41, 5.74) is 3.11. The van der Waals surface area contributed by atoms with Crippen LogP contribution >= 0.6 is 0 Å². The van der Waals surface area contributed by atoms with Crippen LogP contribution in [0.25, 0.3) is 11.1 Å². The van der Waals surface area contributed by atoms with Crippen LogP contribution in [-0.2, 0) is 4.74 Å². The average Bonchev–Trinajstić information content (AvgIpc) is 2.75. The minimum Gasteiger partial charge on any atom is -0.489 e. The summed E-state index contributed by atoms with van der Waals surface area (Å²) >= 11 is 0. The van der Waals surface area contributed by atoms with Crippen LogP contribution in [0.1, 0.15) is 48.0 Å². The van der Waals surface area contributed by atoms with Crippen molar-refractivity contribution in [3.05, 3.63) is 53.6 Å². The Hall–Kier alpha value is -2.64. The molecule has 136 valence electrons. The molecule has 1 aliphatic carbocycles. The molecule has 0 aromatic heterocycles. The molecule has 4 heteroatoms. The lowest BCUT2D eigenvalue weighted by molar-refractivity contribution is -0.153. The number of hydrogen-bond acceptors (Lipinski definition) is 4. The summed E-state index contributed by atoms with van der Waals surface area (Å²) in [6.07, 6.45) is 5.07. The van der Waals surface area contributed by atoms with Crippen molar-refractivity contribution in [1.82, 2.24) is 0 Å². The third-order valence-electron chi connectivity index (χ3n) is 6.46. The molecule has 2 saturated heterocycles. The Morgan fingerprint density at radius 2 is 1.89 bits per heavy atom. The molecule has 6 rings (SSSR count). The Morgan fingerprint density at radius 3 is 2.63 bits per heavy atom. The molecular formula is C23H21NO3. The molecule has 2 aromatic carbocycles. The van der Waals surface area contributed by atoms with Gasteiger partial charge >= 0.3 is 0 Å². The lowest BCUT2D eigenvalue weighted by atomic mass is 9.66. The molecule has 3 heterocycles. The zero-order valence-electron chi connectivity index (χ0n) is 15.1. The fraction of sp³-hybridized carbons (Fsp3) is 0.391. The Kier molecular flexibility index (Phi) is 3.80. The van der Waals surface area contributed by atoms with E-state index >= 15 is 0 Å². The second-order valence-corrected chi connectivity index (χ2v) is 8.01. The van der Waals surface area contributed by atoms with E-state index in [1.165, 1.54) is 0 Å². The van der Waals surface area contributed by atoms with Gasteiger partial charge in [-0.05, 0) is 61.1 Å². The van der Waals surface area contributed by atoms with E-state index in [9.17, 15) is 4.79 Å². The van der Waals surface area contributed by atoms with Gasteiger partial charge in [0.2, 0.25) is 0 Å². The zero-order chi connectivity index (χ0) is 18.4. The first-order valence-corrected chi connectivity index (χ1v) is 9.63. The molecule has 4 nitrogen and oxygen atoms in total. The summed E-state index contributed by atoms with van der Waals surface area (Å²) in [5.74, 6) is 0.820. The fourth-order valence-corrected chi connectivity index (χ4v) is 4.79. The van der Waals surface area contributed by atoms with Crippen molar-refractivity contribution in [3.63, 3.8) is 0 Å². The highest BCUT2D eigenvalue weighted by molar-refractivity contribution is 6.01. The molecule has 2 aromatic rings. The molecule has 0 radical (unpaired) electrons. The second kappa shape index (κ2) is 6.21. The number of ether oxygens (including phenoxy) is 2. The number of nitrogens with zero attached hydrogens (tertiary/aromatic N) is 1. The molecule has 2 bridgehead atoms. The largest absolute Gasteiger partial charge is 0.489 e. The smallest absolute Gasteiger partial charge is 0.170 e. The van der Waals surface area contributed by atoms with Crippen molar-refractivity contribution in [2.75, 3.05) is 6.61 Å². The maximum Gasteiger partial charge on any atom is 0.170 e. The first-order chi connectivity index (χ1) is 13.2. The van der Waals surface area contributed by atoms with Gasteiger partial charge in [-0.1, -0.05) is 18.2 Å². The molecule has 0 N–H and O–H groups in total. The SMILES string of the molecule is N#Cc1cccc(-c2ccc3c(c2)C(=O)CC(C24CCC(CC2)OC4)O3)c1. The van der Waals surface area contributed by atoms with Crippen molar-refractivity contribution >= 4 is 5.78 Å². The summed E-state index contributed by atoms with van der Waals surface area (Å²) in [6.45, 7) is 0.712. The van der Waals surface area contributed by atoms with Gasteiger partial charge in [0.05, 0.1) is 29.9 Å². The highest BCUT2D eigenvalue weighted by atomic mass is 16.5. The van der Waals surface area contributed by atoms with Gasteiger partial charge in [-0.15, -0.1) is 0 Å². The molecule has 1 saturated carbocycles. The van der Waals surface area contributed by atoms with E-state index in [0.717, 1.165) is 36.8 Å². The number of carbonyl (C=O) groups excluding carboxylic acids is 1. The van der Waals surface area contributed by atoms with Crippen molar-refractivity contribution < 1.29 is 14.3 Å². The normalized spacial score (nSPS) is 28.9. The molecule has 1 unspecified atom stereocenters. The molecule has 1 atom stereocenters. The van der Waals surface area contributed by atoms with E-state index in [2.05, 4.69) is 6.07 Å². The van der Waals surface area contributed by atoms with Crippen LogP contribution in [0.4, 0.5) is 0 Å². The summed E-state index contributed by atoms with van der Waals surface area (Å²) in [6, 6.07) is 15.4. The molecule has 3 aliphatic heterocycles. The third-order valence-corrected chi connectivity index (χ3v) is 6.46. The van der Waals surface area contributed by atoms with Crippen molar-refractivity contribution in [2.45, 2.75) is 44.3 Å². The van der Waals surface area contributed by atoms with Crippen LogP contribution in [0.15, 0.2) is 42.5 Å². The van der Waals surface area contributed by atoms with E-state index in [0.29, 0.717) is 36.0 Å². The van der Waals surface area contributed by atoms with Crippen LogP contribution in [0.5, 0.6) is 5.75 Å². The summed E-state index contributed by atoms with van der Waals surface area (Å²) in [4.78, 5) is 12.9. The Labute approximate surface area is 158 Å². The van der Waals surface area contributed by atoms with E-state index in [-0.39, 0.29) is 17.3 Å². The summed E-state index contributed by atoms with van der Waals surface area (Å²) in [7, 11) is 0. The number of nitriles is 1. The zero-order valence-corrected chi connectivity index (χ0v) is 15.1.